The molecule has 0 spiro atoms. The molecule has 0 fully saturated rings. The normalized spacial score (nSPS) is 17.3. The van der Waals surface area contributed by atoms with Crippen molar-refractivity contribution in [1.29, 1.82) is 5.41 Å². The highest BCUT2D eigenvalue weighted by atomic mass is 32.2. The van der Waals surface area contributed by atoms with Crippen LogP contribution in [0, 0.1) is 28.4 Å². The largest absolute Gasteiger partial charge is 0.457 e. The molecule has 158 valence electrons. The Labute approximate surface area is 182 Å². The summed E-state index contributed by atoms with van der Waals surface area (Å²) in [5.74, 6) is 0.568. The van der Waals surface area contributed by atoms with E-state index in [1.54, 1.807) is 18.2 Å². The Morgan fingerprint density at radius 2 is 2.10 bits per heavy atom. The fraction of sp³-hybridized carbons (Fsp3) is 0.238. The highest BCUT2D eigenvalue weighted by Gasteiger charge is 2.35. The van der Waals surface area contributed by atoms with Gasteiger partial charge in [-0.2, -0.15) is 15.1 Å². The highest BCUT2D eigenvalue weighted by Crippen LogP contribution is 2.32. The van der Waals surface area contributed by atoms with E-state index in [1.807, 2.05) is 6.92 Å². The molecule has 2 aliphatic heterocycles. The Kier molecular flexibility index (Phi) is 5.32. The number of fused-ring (bicyclic) bond motifs is 1. The average Bonchev–Trinajstić information content (AvgIpc) is 3.31. The van der Waals surface area contributed by atoms with Crippen LogP contribution >= 0.6 is 11.8 Å². The molecular weight excluding hydrogens is 418 g/mol. The van der Waals surface area contributed by atoms with Crippen molar-refractivity contribution >= 4 is 45.5 Å². The number of rotatable bonds is 5. The number of furan rings is 1. The summed E-state index contributed by atoms with van der Waals surface area (Å²) in [6.07, 6.45) is 2.19. The van der Waals surface area contributed by atoms with Crippen LogP contribution in [0.5, 0.6) is 0 Å². The first-order valence-electron chi connectivity index (χ1n) is 9.57. The lowest BCUT2D eigenvalue weighted by Gasteiger charge is -2.19. The fourth-order valence-corrected chi connectivity index (χ4v) is 4.27. The van der Waals surface area contributed by atoms with Gasteiger partial charge in [-0.3, -0.25) is 20.3 Å². The quantitative estimate of drug-likeness (QED) is 0.406. The maximum Gasteiger partial charge on any atom is 0.283 e. The van der Waals surface area contributed by atoms with Gasteiger partial charge in [-0.05, 0) is 48.4 Å². The zero-order chi connectivity index (χ0) is 22.3. The van der Waals surface area contributed by atoms with Gasteiger partial charge in [0.15, 0.2) is 5.84 Å². The van der Waals surface area contributed by atoms with Gasteiger partial charge in [-0.15, -0.1) is 0 Å². The Hall–Kier alpha value is -3.53. The predicted octanol–water partition coefficient (Wildman–Crippen LogP) is 4.83. The minimum atomic E-state index is -0.533. The number of hydrazone groups is 1. The van der Waals surface area contributed by atoms with Crippen LogP contribution in [0.2, 0.25) is 0 Å². The van der Waals surface area contributed by atoms with E-state index in [9.17, 15) is 14.9 Å². The number of benzene rings is 1. The third-order valence-electron chi connectivity index (χ3n) is 4.69. The summed E-state index contributed by atoms with van der Waals surface area (Å²) in [6, 6.07) is 7.86. The number of non-ortho nitro benzene ring substituents is 1. The van der Waals surface area contributed by atoms with Gasteiger partial charge in [0.2, 0.25) is 5.17 Å². The van der Waals surface area contributed by atoms with Crippen LogP contribution < -0.4 is 0 Å². The summed E-state index contributed by atoms with van der Waals surface area (Å²) in [4.78, 5) is 27.2. The summed E-state index contributed by atoms with van der Waals surface area (Å²) < 4.78 is 5.81. The first-order valence-corrected chi connectivity index (χ1v) is 10.4. The molecule has 3 heterocycles. The highest BCUT2D eigenvalue weighted by molar-refractivity contribution is 8.26. The summed E-state index contributed by atoms with van der Waals surface area (Å²) in [5.41, 5.74) is 1.43. The van der Waals surface area contributed by atoms with Gasteiger partial charge in [-0.25, -0.2) is 0 Å². The van der Waals surface area contributed by atoms with E-state index in [4.69, 9.17) is 9.83 Å². The van der Waals surface area contributed by atoms with Gasteiger partial charge >= 0.3 is 0 Å². The number of nitrogens with zero attached hydrogens (tertiary/aromatic N) is 4. The van der Waals surface area contributed by atoms with E-state index in [1.165, 1.54) is 35.0 Å². The van der Waals surface area contributed by atoms with Crippen LogP contribution in [0.4, 0.5) is 5.69 Å². The molecule has 0 unspecified atom stereocenters. The van der Waals surface area contributed by atoms with Gasteiger partial charge < -0.3 is 4.42 Å². The van der Waals surface area contributed by atoms with Gasteiger partial charge in [-0.1, -0.05) is 19.9 Å². The van der Waals surface area contributed by atoms with Crippen molar-refractivity contribution in [2.75, 3.05) is 0 Å². The van der Waals surface area contributed by atoms with Gasteiger partial charge in [0, 0.05) is 24.1 Å². The third kappa shape index (κ3) is 4.06. The number of aliphatic imine (C=N–C) groups is 1. The second kappa shape index (κ2) is 7.95. The number of hydrogen-bond acceptors (Lipinski definition) is 7. The Morgan fingerprint density at radius 3 is 2.81 bits per heavy atom. The number of nitrogens with one attached hydrogen (secondary N) is 1. The first kappa shape index (κ1) is 20.7. The SMILES string of the molecule is Cc1ccc([N+](=O)[O-])cc1-c1ccc(/C=C2\C(=N)N3N=C(CC(C)C)SC3=NC2=O)o1. The molecule has 2 aromatic rings. The predicted molar refractivity (Wildman–Crippen MR) is 120 cm³/mol. The van der Waals surface area contributed by atoms with Crippen LogP contribution in [-0.4, -0.2) is 31.9 Å². The lowest BCUT2D eigenvalue weighted by Crippen LogP contribution is -2.35. The number of carbonyl (C=O) groups excluding carboxylic acids is 1. The van der Waals surface area contributed by atoms with Crippen molar-refractivity contribution in [3.05, 3.63) is 57.3 Å². The molecule has 1 aromatic heterocycles. The molecular formula is C21H19N5O4S. The molecule has 1 N–H and O–H groups in total. The van der Waals surface area contributed by atoms with E-state index in [2.05, 4.69) is 23.9 Å². The minimum Gasteiger partial charge on any atom is -0.457 e. The average molecular weight is 437 g/mol. The summed E-state index contributed by atoms with van der Waals surface area (Å²) in [7, 11) is 0. The van der Waals surface area contributed by atoms with Gasteiger partial charge in [0.05, 0.1) is 10.5 Å². The lowest BCUT2D eigenvalue weighted by atomic mass is 10.1. The first-order chi connectivity index (χ1) is 14.7. The van der Waals surface area contributed by atoms with Crippen molar-refractivity contribution < 1.29 is 14.1 Å². The number of aryl methyl sites for hydroxylation is 1. The molecule has 2 aliphatic rings. The molecule has 0 atom stereocenters. The van der Waals surface area contributed by atoms with Crippen LogP contribution in [0.15, 0.2) is 50.4 Å². The van der Waals surface area contributed by atoms with Gasteiger partial charge in [0.1, 0.15) is 16.6 Å². The zero-order valence-electron chi connectivity index (χ0n) is 17.1. The monoisotopic (exact) mass is 437 g/mol. The van der Waals surface area contributed by atoms with E-state index in [-0.39, 0.29) is 17.1 Å². The van der Waals surface area contributed by atoms with Crippen LogP contribution in [0.1, 0.15) is 31.6 Å². The smallest absolute Gasteiger partial charge is 0.283 e. The molecule has 1 amide bonds. The fourth-order valence-electron chi connectivity index (χ4n) is 3.17. The maximum absolute atomic E-state index is 12.5. The molecule has 0 saturated heterocycles. The Balaban J connectivity index is 1.64. The standard InChI is InChI=1S/C21H19N5O4S/c1-11(2)8-18-24-25-19(22)16(20(27)23-21(25)31-18)10-14-6-7-17(30-14)15-9-13(26(28)29)5-4-12(15)3/h4-7,9-11,22H,8H2,1-3H3/b16-10+,22-19?. The van der Waals surface area contributed by atoms with Crippen LogP contribution in [-0.2, 0) is 4.79 Å². The molecule has 9 nitrogen and oxygen atoms in total. The molecule has 4 rings (SSSR count). The van der Waals surface area contributed by atoms with Crippen molar-refractivity contribution in [3.63, 3.8) is 0 Å². The summed E-state index contributed by atoms with van der Waals surface area (Å²) in [6.45, 7) is 5.97. The number of hydrogen-bond donors (Lipinski definition) is 1. The Bertz CT molecular complexity index is 1210. The van der Waals surface area contributed by atoms with E-state index < -0.39 is 10.8 Å². The molecule has 31 heavy (non-hydrogen) atoms. The molecule has 0 bridgehead atoms. The number of nitro groups is 1. The molecule has 1 aromatic carbocycles. The van der Waals surface area contributed by atoms with Crippen molar-refractivity contribution in [3.8, 4) is 11.3 Å². The second-order valence-corrected chi connectivity index (χ2v) is 8.61. The summed E-state index contributed by atoms with van der Waals surface area (Å²) in [5, 5.41) is 26.5. The number of amidine groups is 2. The van der Waals surface area contributed by atoms with Crippen LogP contribution in [0.25, 0.3) is 17.4 Å². The van der Waals surface area contributed by atoms with E-state index in [0.717, 1.165) is 17.0 Å². The van der Waals surface area contributed by atoms with E-state index >= 15 is 0 Å². The Morgan fingerprint density at radius 1 is 1.32 bits per heavy atom. The number of thioether (sulfide) groups is 1. The summed E-state index contributed by atoms with van der Waals surface area (Å²) >= 11 is 1.30. The van der Waals surface area contributed by atoms with Crippen molar-refractivity contribution in [1.82, 2.24) is 5.01 Å². The van der Waals surface area contributed by atoms with Gasteiger partial charge in [0.25, 0.3) is 11.6 Å². The van der Waals surface area contributed by atoms with Crippen molar-refractivity contribution in [2.24, 2.45) is 16.0 Å². The zero-order valence-corrected chi connectivity index (χ0v) is 17.9. The molecule has 0 aliphatic carbocycles. The maximum atomic E-state index is 12.5. The third-order valence-corrected chi connectivity index (χ3v) is 5.62. The minimum absolute atomic E-state index is 0.0374. The van der Waals surface area contributed by atoms with Crippen LogP contribution in [0.3, 0.4) is 0 Å². The topological polar surface area (TPSA) is 125 Å². The molecule has 10 heteroatoms. The van der Waals surface area contributed by atoms with E-state index in [0.29, 0.717) is 28.2 Å². The number of carbonyl (C=O) groups is 1. The molecule has 0 radical (unpaired) electrons. The molecule has 0 saturated carbocycles. The second-order valence-electron chi connectivity index (χ2n) is 7.57. The number of nitro benzene ring substituents is 1. The van der Waals surface area contributed by atoms with Crippen molar-refractivity contribution in [2.45, 2.75) is 27.2 Å². The lowest BCUT2D eigenvalue weighted by molar-refractivity contribution is -0.384. The number of amides is 1.